The third kappa shape index (κ3) is 1.63. The molecule has 0 bridgehead atoms. The van der Waals surface area contributed by atoms with Gasteiger partial charge in [-0.2, -0.15) is 0 Å². The summed E-state index contributed by atoms with van der Waals surface area (Å²) in [7, 11) is 2.07. The van der Waals surface area contributed by atoms with Crippen LogP contribution in [0.5, 0.6) is 0 Å². The molecule has 0 saturated heterocycles. The van der Waals surface area contributed by atoms with E-state index in [9.17, 15) is 0 Å². The number of aromatic nitrogens is 2. The number of aryl methyl sites for hydroxylation is 2. The highest BCUT2D eigenvalue weighted by Crippen LogP contribution is 2.23. The number of benzene rings is 1. The van der Waals surface area contributed by atoms with Gasteiger partial charge in [0, 0.05) is 5.56 Å². The summed E-state index contributed by atoms with van der Waals surface area (Å²) in [4.78, 5) is 4.42. The maximum absolute atomic E-state index is 4.42. The van der Waals surface area contributed by atoms with Crippen molar-refractivity contribution < 1.29 is 4.57 Å². The Morgan fingerprint density at radius 1 is 1.12 bits per heavy atom. The molecule has 84 valence electrons. The lowest BCUT2D eigenvalue weighted by Crippen LogP contribution is -2.32. The minimum atomic E-state index is 1.05. The van der Waals surface area contributed by atoms with Gasteiger partial charge in [-0.15, -0.1) is 0 Å². The van der Waals surface area contributed by atoms with E-state index >= 15 is 0 Å². The van der Waals surface area contributed by atoms with Crippen molar-refractivity contribution in [3.63, 3.8) is 0 Å². The van der Waals surface area contributed by atoms with Crippen LogP contribution < -0.4 is 4.57 Å². The molecular weight excluding hydrogens is 228 g/mol. The van der Waals surface area contributed by atoms with Crippen molar-refractivity contribution in [2.75, 3.05) is 0 Å². The highest BCUT2D eigenvalue weighted by Gasteiger charge is 2.15. The minimum absolute atomic E-state index is 1.05. The maximum Gasteiger partial charge on any atom is 0.341 e. The average molecular weight is 241 g/mol. The molecule has 1 aromatic carbocycles. The highest BCUT2D eigenvalue weighted by atomic mass is 32.1. The molecule has 0 aliphatic carbocycles. The molecule has 0 fully saturated rings. The van der Waals surface area contributed by atoms with Crippen LogP contribution in [0.1, 0.15) is 5.56 Å². The third-order valence-electron chi connectivity index (χ3n) is 3.07. The number of fused-ring (bicyclic) bond motifs is 1. The molecule has 3 rings (SSSR count). The van der Waals surface area contributed by atoms with Gasteiger partial charge in [-0.25, -0.2) is 4.57 Å². The monoisotopic (exact) mass is 241 g/mol. The Hall–Kier alpha value is -1.74. The molecule has 0 aliphatic rings. The molecule has 3 aromatic rings. The number of pyridine rings is 1. The Kier molecular flexibility index (Phi) is 2.41. The molecule has 0 aliphatic heterocycles. The van der Waals surface area contributed by atoms with Crippen LogP contribution in [-0.2, 0) is 7.05 Å². The van der Waals surface area contributed by atoms with E-state index in [0.717, 1.165) is 5.65 Å². The fourth-order valence-electron chi connectivity index (χ4n) is 2.13. The standard InChI is InChI=1S/C14H13N2S/c1-10-5-3-4-6-11(10)12-7-8-13-14(16(12)2)15-9-17-13/h3-9H,1-2H3/q+1. The van der Waals surface area contributed by atoms with Gasteiger partial charge >= 0.3 is 5.65 Å². The summed E-state index contributed by atoms with van der Waals surface area (Å²) in [5.74, 6) is 0. The zero-order chi connectivity index (χ0) is 11.8. The van der Waals surface area contributed by atoms with Crippen molar-refractivity contribution >= 4 is 21.7 Å². The van der Waals surface area contributed by atoms with Crippen LogP contribution in [0.3, 0.4) is 0 Å². The summed E-state index contributed by atoms with van der Waals surface area (Å²) < 4.78 is 3.39. The molecule has 17 heavy (non-hydrogen) atoms. The molecule has 0 N–H and O–H groups in total. The molecule has 0 unspecified atom stereocenters. The van der Waals surface area contributed by atoms with Gasteiger partial charge in [-0.3, -0.25) is 0 Å². The number of thiazole rings is 1. The smallest absolute Gasteiger partial charge is 0.225 e. The molecule has 0 amide bonds. The lowest BCUT2D eigenvalue weighted by atomic mass is 10.1. The number of hydrogen-bond acceptors (Lipinski definition) is 2. The molecule has 0 atom stereocenters. The van der Waals surface area contributed by atoms with Crippen LogP contribution in [0.15, 0.2) is 41.9 Å². The number of hydrogen-bond donors (Lipinski definition) is 0. The van der Waals surface area contributed by atoms with Gasteiger partial charge in [0.05, 0.1) is 7.05 Å². The molecule has 0 radical (unpaired) electrons. The van der Waals surface area contributed by atoms with Crippen LogP contribution in [0.2, 0.25) is 0 Å². The van der Waals surface area contributed by atoms with E-state index in [4.69, 9.17) is 0 Å². The zero-order valence-electron chi connectivity index (χ0n) is 9.84. The SMILES string of the molecule is Cc1ccccc1-c1ccc2scnc2[n+]1C. The van der Waals surface area contributed by atoms with Crippen LogP contribution in [0.25, 0.3) is 21.6 Å². The first kappa shape index (κ1) is 10.4. The molecule has 0 saturated carbocycles. The first-order valence-corrected chi connectivity index (χ1v) is 6.43. The van der Waals surface area contributed by atoms with Crippen LogP contribution in [-0.4, -0.2) is 4.98 Å². The first-order valence-electron chi connectivity index (χ1n) is 5.55. The summed E-state index contributed by atoms with van der Waals surface area (Å²) in [5, 5.41) is 0. The molecule has 2 nitrogen and oxygen atoms in total. The summed E-state index contributed by atoms with van der Waals surface area (Å²) >= 11 is 1.68. The van der Waals surface area contributed by atoms with E-state index in [1.54, 1.807) is 11.3 Å². The Balaban J connectivity index is 2.31. The van der Waals surface area contributed by atoms with E-state index < -0.39 is 0 Å². The van der Waals surface area contributed by atoms with Gasteiger partial charge < -0.3 is 0 Å². The quantitative estimate of drug-likeness (QED) is 0.598. The van der Waals surface area contributed by atoms with Crippen LogP contribution in [0, 0.1) is 6.92 Å². The van der Waals surface area contributed by atoms with Gasteiger partial charge in [0.2, 0.25) is 0 Å². The molecule has 3 heteroatoms. The van der Waals surface area contributed by atoms with Crippen molar-refractivity contribution in [3.8, 4) is 11.3 Å². The summed E-state index contributed by atoms with van der Waals surface area (Å²) in [6.07, 6.45) is 0. The maximum atomic E-state index is 4.42. The fraction of sp³-hybridized carbons (Fsp3) is 0.143. The van der Waals surface area contributed by atoms with E-state index in [2.05, 4.69) is 59.9 Å². The van der Waals surface area contributed by atoms with Gasteiger partial charge in [0.1, 0.15) is 10.4 Å². The Morgan fingerprint density at radius 2 is 1.94 bits per heavy atom. The molecule has 0 spiro atoms. The predicted octanol–water partition coefficient (Wildman–Crippen LogP) is 3.10. The third-order valence-corrected chi connectivity index (χ3v) is 3.85. The number of nitrogens with zero attached hydrogens (tertiary/aromatic N) is 2. The second-order valence-corrected chi connectivity index (χ2v) is 5.02. The van der Waals surface area contributed by atoms with Gasteiger partial charge in [0.15, 0.2) is 5.51 Å². The van der Waals surface area contributed by atoms with Gasteiger partial charge in [-0.1, -0.05) is 35.6 Å². The second kappa shape index (κ2) is 3.93. The summed E-state index contributed by atoms with van der Waals surface area (Å²) in [6.45, 7) is 2.14. The van der Waals surface area contributed by atoms with Crippen molar-refractivity contribution in [1.82, 2.24) is 4.98 Å². The number of rotatable bonds is 1. The Morgan fingerprint density at radius 3 is 2.76 bits per heavy atom. The first-order chi connectivity index (χ1) is 8.27. The van der Waals surface area contributed by atoms with Crippen molar-refractivity contribution in [3.05, 3.63) is 47.5 Å². The van der Waals surface area contributed by atoms with Crippen molar-refractivity contribution in [2.24, 2.45) is 7.05 Å². The van der Waals surface area contributed by atoms with Crippen molar-refractivity contribution in [1.29, 1.82) is 0 Å². The van der Waals surface area contributed by atoms with E-state index in [1.165, 1.54) is 21.5 Å². The van der Waals surface area contributed by atoms with Gasteiger partial charge in [0.25, 0.3) is 0 Å². The fourth-order valence-corrected chi connectivity index (χ4v) is 2.83. The molecule has 2 aromatic heterocycles. The van der Waals surface area contributed by atoms with E-state index in [1.807, 2.05) is 5.51 Å². The van der Waals surface area contributed by atoms with Gasteiger partial charge in [-0.05, 0) is 29.6 Å². The lowest BCUT2D eigenvalue weighted by Gasteiger charge is -2.06. The average Bonchev–Trinajstić information content (AvgIpc) is 2.80. The predicted molar refractivity (Wildman–Crippen MR) is 71.0 cm³/mol. The van der Waals surface area contributed by atoms with Crippen LogP contribution in [0.4, 0.5) is 0 Å². The lowest BCUT2D eigenvalue weighted by molar-refractivity contribution is -0.635. The second-order valence-electron chi connectivity index (χ2n) is 4.13. The Labute approximate surface area is 104 Å². The summed E-state index contributed by atoms with van der Waals surface area (Å²) in [6, 6.07) is 12.8. The molecular formula is C14H13N2S+. The minimum Gasteiger partial charge on any atom is -0.225 e. The van der Waals surface area contributed by atoms with Crippen LogP contribution >= 0.6 is 11.3 Å². The van der Waals surface area contributed by atoms with E-state index in [-0.39, 0.29) is 0 Å². The molecule has 2 heterocycles. The summed E-state index contributed by atoms with van der Waals surface area (Å²) in [5.41, 5.74) is 6.71. The normalized spacial score (nSPS) is 10.9. The Bertz CT molecular complexity index is 686. The van der Waals surface area contributed by atoms with E-state index in [0.29, 0.717) is 0 Å². The highest BCUT2D eigenvalue weighted by molar-refractivity contribution is 7.16. The topological polar surface area (TPSA) is 16.8 Å². The largest absolute Gasteiger partial charge is 0.341 e. The zero-order valence-corrected chi connectivity index (χ0v) is 10.7. The van der Waals surface area contributed by atoms with Crippen molar-refractivity contribution in [2.45, 2.75) is 6.92 Å².